The van der Waals surface area contributed by atoms with Crippen molar-refractivity contribution in [2.75, 3.05) is 5.32 Å². The number of halogens is 1. The summed E-state index contributed by atoms with van der Waals surface area (Å²) < 4.78 is 15.8. The van der Waals surface area contributed by atoms with Crippen LogP contribution in [0, 0.1) is 12.7 Å². The lowest BCUT2D eigenvalue weighted by Crippen LogP contribution is -2.31. The van der Waals surface area contributed by atoms with E-state index in [0.29, 0.717) is 28.8 Å². The van der Waals surface area contributed by atoms with E-state index in [2.05, 4.69) is 34.6 Å². The summed E-state index contributed by atoms with van der Waals surface area (Å²) in [4.78, 5) is 17.5. The Morgan fingerprint density at radius 3 is 2.77 bits per heavy atom. The van der Waals surface area contributed by atoms with Crippen molar-refractivity contribution in [3.8, 4) is 0 Å². The van der Waals surface area contributed by atoms with E-state index in [9.17, 15) is 9.18 Å². The minimum absolute atomic E-state index is 0.163. The van der Waals surface area contributed by atoms with Gasteiger partial charge in [0.2, 0.25) is 11.1 Å². The van der Waals surface area contributed by atoms with Gasteiger partial charge in [-0.05, 0) is 37.0 Å². The van der Waals surface area contributed by atoms with Gasteiger partial charge in [-0.3, -0.25) is 4.79 Å². The van der Waals surface area contributed by atoms with Gasteiger partial charge in [0.1, 0.15) is 11.9 Å². The summed E-state index contributed by atoms with van der Waals surface area (Å²) in [6.45, 7) is 2.04. The maximum absolute atomic E-state index is 14.0. The van der Waals surface area contributed by atoms with Gasteiger partial charge >= 0.3 is 0 Å². The first kappa shape index (κ1) is 19.1. The third-order valence-electron chi connectivity index (χ3n) is 5.56. The van der Waals surface area contributed by atoms with E-state index < -0.39 is 0 Å². The summed E-state index contributed by atoms with van der Waals surface area (Å²) in [5.74, 6) is 1.01. The fourth-order valence-electron chi connectivity index (χ4n) is 4.01. The highest BCUT2D eigenvalue weighted by Gasteiger charge is 2.36. The molecule has 1 aliphatic carbocycles. The zero-order valence-corrected chi connectivity index (χ0v) is 17.4. The van der Waals surface area contributed by atoms with Crippen molar-refractivity contribution >= 4 is 23.5 Å². The number of aromatic nitrogens is 3. The number of fused-ring (bicyclic) bond motifs is 1. The second-order valence-corrected chi connectivity index (χ2v) is 8.59. The van der Waals surface area contributed by atoms with Crippen LogP contribution in [0.3, 0.4) is 0 Å². The van der Waals surface area contributed by atoms with E-state index in [-0.39, 0.29) is 17.6 Å². The molecular formula is C23H21FN4OS. The van der Waals surface area contributed by atoms with Gasteiger partial charge in [-0.2, -0.15) is 4.98 Å². The number of anilines is 1. The predicted octanol–water partition coefficient (Wildman–Crippen LogP) is 5.04. The highest BCUT2D eigenvalue weighted by molar-refractivity contribution is 7.98. The van der Waals surface area contributed by atoms with Gasteiger partial charge in [-0.25, -0.2) is 9.07 Å². The fourth-order valence-corrected chi connectivity index (χ4v) is 4.83. The Kier molecular flexibility index (Phi) is 4.90. The largest absolute Gasteiger partial charge is 0.328 e. The normalized spacial score (nSPS) is 18.1. The summed E-state index contributed by atoms with van der Waals surface area (Å²) in [5.41, 5.74) is 4.53. The average molecular weight is 421 g/mol. The number of ketones is 1. The molecule has 152 valence electrons. The molecule has 0 fully saturated rings. The van der Waals surface area contributed by atoms with Crippen molar-refractivity contribution in [2.45, 2.75) is 43.1 Å². The Morgan fingerprint density at radius 1 is 1.17 bits per heavy atom. The first-order valence-electron chi connectivity index (χ1n) is 10.0. The summed E-state index contributed by atoms with van der Waals surface area (Å²) in [5, 5.41) is 8.59. The quantitative estimate of drug-likeness (QED) is 0.599. The van der Waals surface area contributed by atoms with E-state index in [1.807, 2.05) is 13.0 Å². The molecule has 2 aliphatic rings. The fraction of sp³-hybridized carbons (Fsp3) is 0.261. The summed E-state index contributed by atoms with van der Waals surface area (Å²) >= 11 is 1.39. The molecule has 3 aromatic rings. The SMILES string of the molecule is Cc1ccc([C@@H]2C3=C(CCCC3=O)Nc3nc(SCc4ccccc4F)nn32)cc1. The van der Waals surface area contributed by atoms with E-state index in [1.54, 1.807) is 16.8 Å². The average Bonchev–Trinajstić information content (AvgIpc) is 3.15. The van der Waals surface area contributed by atoms with Crippen LogP contribution in [0.4, 0.5) is 10.3 Å². The van der Waals surface area contributed by atoms with Crippen molar-refractivity contribution in [1.82, 2.24) is 14.8 Å². The van der Waals surface area contributed by atoms with Crippen molar-refractivity contribution in [3.05, 3.63) is 82.3 Å². The molecule has 5 rings (SSSR count). The summed E-state index contributed by atoms with van der Waals surface area (Å²) in [6.07, 6.45) is 2.23. The zero-order chi connectivity index (χ0) is 20.7. The maximum atomic E-state index is 14.0. The second kappa shape index (κ2) is 7.72. The van der Waals surface area contributed by atoms with E-state index in [4.69, 9.17) is 5.10 Å². The number of Topliss-reactive ketones (excluding diaryl/α,β-unsaturated/α-hetero) is 1. The highest BCUT2D eigenvalue weighted by Crippen LogP contribution is 2.40. The van der Waals surface area contributed by atoms with E-state index in [1.165, 1.54) is 17.8 Å². The molecule has 0 saturated carbocycles. The predicted molar refractivity (Wildman–Crippen MR) is 115 cm³/mol. The van der Waals surface area contributed by atoms with Crippen LogP contribution in [0.5, 0.6) is 0 Å². The number of benzene rings is 2. The van der Waals surface area contributed by atoms with E-state index >= 15 is 0 Å². The summed E-state index contributed by atoms with van der Waals surface area (Å²) in [6, 6.07) is 14.6. The molecule has 0 amide bonds. The zero-order valence-electron chi connectivity index (χ0n) is 16.6. The number of carbonyl (C=O) groups is 1. The molecule has 5 nitrogen and oxygen atoms in total. The monoisotopic (exact) mass is 420 g/mol. The molecule has 1 aromatic heterocycles. The van der Waals surface area contributed by atoms with Crippen LogP contribution >= 0.6 is 11.8 Å². The molecular weight excluding hydrogens is 399 g/mol. The lowest BCUT2D eigenvalue weighted by Gasteiger charge is -2.32. The number of hydrogen-bond donors (Lipinski definition) is 1. The van der Waals surface area contributed by atoms with Gasteiger partial charge in [0.15, 0.2) is 5.78 Å². The maximum Gasteiger partial charge on any atom is 0.227 e. The van der Waals surface area contributed by atoms with Crippen molar-refractivity contribution in [2.24, 2.45) is 0 Å². The van der Waals surface area contributed by atoms with Crippen LogP contribution in [0.2, 0.25) is 0 Å². The van der Waals surface area contributed by atoms with Gasteiger partial charge in [0.25, 0.3) is 0 Å². The molecule has 2 heterocycles. The number of aryl methyl sites for hydroxylation is 1. The van der Waals surface area contributed by atoms with Gasteiger partial charge in [-0.15, -0.1) is 5.10 Å². The number of carbonyl (C=O) groups excluding carboxylic acids is 1. The Morgan fingerprint density at radius 2 is 1.97 bits per heavy atom. The molecule has 1 aliphatic heterocycles. The van der Waals surface area contributed by atoms with Crippen LogP contribution in [0.25, 0.3) is 0 Å². The standard InChI is InChI=1S/C23H21FN4OS/c1-14-9-11-15(12-10-14)21-20-18(7-4-8-19(20)29)25-22-26-23(27-28(21)22)30-13-16-5-2-3-6-17(16)24/h2-3,5-6,9-12,21H,4,7-8,13H2,1H3,(H,25,26,27)/t21-/m1/s1. The molecule has 0 spiro atoms. The second-order valence-electron chi connectivity index (χ2n) is 7.65. The number of thioether (sulfide) groups is 1. The van der Waals surface area contributed by atoms with Crippen molar-refractivity contribution in [1.29, 1.82) is 0 Å². The Bertz CT molecular complexity index is 1150. The lowest BCUT2D eigenvalue weighted by molar-refractivity contribution is -0.116. The molecule has 1 atom stereocenters. The van der Waals surface area contributed by atoms with Crippen molar-refractivity contribution < 1.29 is 9.18 Å². The first-order chi connectivity index (χ1) is 14.6. The minimum atomic E-state index is -0.292. The first-order valence-corrected chi connectivity index (χ1v) is 11.0. The smallest absolute Gasteiger partial charge is 0.227 e. The lowest BCUT2D eigenvalue weighted by atomic mass is 9.85. The number of hydrogen-bond acceptors (Lipinski definition) is 5. The molecule has 0 unspecified atom stereocenters. The molecule has 1 N–H and O–H groups in total. The van der Waals surface area contributed by atoms with Crippen LogP contribution < -0.4 is 5.32 Å². The van der Waals surface area contributed by atoms with Crippen LogP contribution in [-0.2, 0) is 10.5 Å². The number of allylic oxidation sites excluding steroid dienone is 2. The Balaban J connectivity index is 1.51. The van der Waals surface area contributed by atoms with Crippen LogP contribution in [0.1, 0.15) is 42.0 Å². The third-order valence-corrected chi connectivity index (χ3v) is 6.44. The topological polar surface area (TPSA) is 59.8 Å². The highest BCUT2D eigenvalue weighted by atomic mass is 32.2. The third kappa shape index (κ3) is 3.43. The van der Waals surface area contributed by atoms with Crippen molar-refractivity contribution in [3.63, 3.8) is 0 Å². The molecule has 7 heteroatoms. The van der Waals surface area contributed by atoms with Gasteiger partial charge in [0, 0.05) is 23.4 Å². The molecule has 2 aromatic carbocycles. The number of nitrogens with one attached hydrogen (secondary N) is 1. The van der Waals surface area contributed by atoms with Crippen LogP contribution in [0.15, 0.2) is 65.0 Å². The molecule has 0 bridgehead atoms. The Labute approximate surface area is 178 Å². The molecule has 0 saturated heterocycles. The molecule has 0 radical (unpaired) electrons. The van der Waals surface area contributed by atoms with Gasteiger partial charge < -0.3 is 5.32 Å². The van der Waals surface area contributed by atoms with Gasteiger partial charge in [0.05, 0.1) is 0 Å². The molecule has 30 heavy (non-hydrogen) atoms. The minimum Gasteiger partial charge on any atom is -0.328 e. The van der Waals surface area contributed by atoms with Crippen LogP contribution in [-0.4, -0.2) is 20.5 Å². The number of nitrogens with zero attached hydrogens (tertiary/aromatic N) is 3. The Hall–Kier alpha value is -2.93. The summed E-state index contributed by atoms with van der Waals surface area (Å²) in [7, 11) is 0. The number of rotatable bonds is 4. The van der Waals surface area contributed by atoms with E-state index in [0.717, 1.165) is 35.2 Å². The van der Waals surface area contributed by atoms with Gasteiger partial charge in [-0.1, -0.05) is 59.8 Å².